The van der Waals surface area contributed by atoms with E-state index in [4.69, 9.17) is 14.3 Å². The van der Waals surface area contributed by atoms with Gasteiger partial charge in [-0.1, -0.05) is 35.5 Å². The molecule has 0 unspecified atom stereocenters. The van der Waals surface area contributed by atoms with Crippen LogP contribution in [0.4, 0.5) is 5.69 Å². The fourth-order valence-corrected chi connectivity index (χ4v) is 2.61. The van der Waals surface area contributed by atoms with Gasteiger partial charge in [-0.2, -0.15) is 0 Å². The Hall–Kier alpha value is -3.02. The zero-order valence-electron chi connectivity index (χ0n) is 14.4. The molecule has 0 spiro atoms. The molecule has 0 bridgehead atoms. The van der Waals surface area contributed by atoms with E-state index in [1.807, 2.05) is 30.3 Å². The Morgan fingerprint density at radius 3 is 2.60 bits per heavy atom. The molecule has 0 aromatic heterocycles. The number of anilines is 1. The molecule has 1 N–H and O–H groups in total. The van der Waals surface area contributed by atoms with Gasteiger partial charge < -0.3 is 19.6 Å². The van der Waals surface area contributed by atoms with Crippen LogP contribution in [0, 0.1) is 0 Å². The van der Waals surface area contributed by atoms with E-state index in [1.54, 1.807) is 39.3 Å². The van der Waals surface area contributed by atoms with Gasteiger partial charge in [0.1, 0.15) is 11.5 Å². The number of hydrogen-bond acceptors (Lipinski definition) is 5. The lowest BCUT2D eigenvalue weighted by atomic mass is 9.95. The second-order valence-corrected chi connectivity index (χ2v) is 5.92. The van der Waals surface area contributed by atoms with Gasteiger partial charge in [0.15, 0.2) is 0 Å². The van der Waals surface area contributed by atoms with E-state index in [1.165, 1.54) is 0 Å². The van der Waals surface area contributed by atoms with Crippen molar-refractivity contribution in [1.82, 2.24) is 0 Å². The Bertz CT molecular complexity index is 804. The lowest BCUT2D eigenvalue weighted by Crippen LogP contribution is -2.40. The normalized spacial score (nSPS) is 18.9. The Kier molecular flexibility index (Phi) is 4.61. The van der Waals surface area contributed by atoms with Gasteiger partial charge in [-0.3, -0.25) is 4.79 Å². The maximum Gasteiger partial charge on any atom is 0.271 e. The van der Waals surface area contributed by atoms with Crippen LogP contribution in [0.3, 0.4) is 0 Å². The summed E-state index contributed by atoms with van der Waals surface area (Å²) < 4.78 is 10.5. The highest BCUT2D eigenvalue weighted by molar-refractivity contribution is 6.08. The minimum absolute atomic E-state index is 0.297. The van der Waals surface area contributed by atoms with Gasteiger partial charge in [0, 0.05) is 12.5 Å². The molecular weight excluding hydrogens is 320 g/mol. The molecular formula is C19H20N2O4. The van der Waals surface area contributed by atoms with Crippen molar-refractivity contribution in [1.29, 1.82) is 0 Å². The fraction of sp³-hybridized carbons (Fsp3) is 0.263. The summed E-state index contributed by atoms with van der Waals surface area (Å²) in [5.74, 6) is 0.864. The SMILES string of the molecule is COc1ccc(OC)c(NC(=O)[C@]2(C)CC(c3ccccc3)=NO2)c1. The average molecular weight is 340 g/mol. The Morgan fingerprint density at radius 1 is 1.16 bits per heavy atom. The molecule has 1 amide bonds. The minimum Gasteiger partial charge on any atom is -0.497 e. The number of carbonyl (C=O) groups excluding carboxylic acids is 1. The van der Waals surface area contributed by atoms with Crippen molar-refractivity contribution in [3.63, 3.8) is 0 Å². The van der Waals surface area contributed by atoms with Crippen LogP contribution in [-0.4, -0.2) is 31.4 Å². The highest BCUT2D eigenvalue weighted by Gasteiger charge is 2.42. The lowest BCUT2D eigenvalue weighted by Gasteiger charge is -2.21. The van der Waals surface area contributed by atoms with Crippen molar-refractivity contribution >= 4 is 17.3 Å². The van der Waals surface area contributed by atoms with Crippen LogP contribution in [0.2, 0.25) is 0 Å². The van der Waals surface area contributed by atoms with Crippen molar-refractivity contribution in [2.75, 3.05) is 19.5 Å². The van der Waals surface area contributed by atoms with Gasteiger partial charge in [-0.05, 0) is 24.6 Å². The van der Waals surface area contributed by atoms with Crippen molar-refractivity contribution in [2.45, 2.75) is 18.9 Å². The molecule has 1 atom stereocenters. The van der Waals surface area contributed by atoms with Crippen LogP contribution in [0.1, 0.15) is 18.9 Å². The molecule has 6 nitrogen and oxygen atoms in total. The Labute approximate surface area is 146 Å². The van der Waals surface area contributed by atoms with Crippen molar-refractivity contribution in [2.24, 2.45) is 5.16 Å². The number of ether oxygens (including phenoxy) is 2. The van der Waals surface area contributed by atoms with Gasteiger partial charge in [-0.25, -0.2) is 0 Å². The molecule has 25 heavy (non-hydrogen) atoms. The molecule has 1 aliphatic heterocycles. The van der Waals surface area contributed by atoms with Crippen LogP contribution in [0.5, 0.6) is 11.5 Å². The van der Waals surface area contributed by atoms with E-state index in [9.17, 15) is 4.79 Å². The molecule has 3 rings (SSSR count). The summed E-state index contributed by atoms with van der Waals surface area (Å²) in [4.78, 5) is 18.3. The van der Waals surface area contributed by atoms with E-state index in [-0.39, 0.29) is 5.91 Å². The molecule has 0 saturated carbocycles. The van der Waals surface area contributed by atoms with Crippen LogP contribution in [-0.2, 0) is 9.63 Å². The van der Waals surface area contributed by atoms with Gasteiger partial charge in [0.2, 0.25) is 5.60 Å². The second kappa shape index (κ2) is 6.84. The third-order valence-corrected chi connectivity index (χ3v) is 4.10. The van der Waals surface area contributed by atoms with Gasteiger partial charge in [0.05, 0.1) is 25.6 Å². The standard InChI is InChI=1S/C19H20N2O4/c1-19(12-16(21-25-19)13-7-5-4-6-8-13)18(22)20-15-11-14(23-2)9-10-17(15)24-3/h4-11H,12H2,1-3H3,(H,20,22)/t19-/m0/s1. The number of nitrogens with zero attached hydrogens (tertiary/aromatic N) is 1. The van der Waals surface area contributed by atoms with Crippen LogP contribution >= 0.6 is 0 Å². The molecule has 2 aromatic rings. The molecule has 130 valence electrons. The van der Waals surface area contributed by atoms with E-state index >= 15 is 0 Å². The van der Waals surface area contributed by atoms with E-state index in [2.05, 4.69) is 10.5 Å². The highest BCUT2D eigenvalue weighted by Crippen LogP contribution is 2.32. The second-order valence-electron chi connectivity index (χ2n) is 5.92. The topological polar surface area (TPSA) is 69.2 Å². The first kappa shape index (κ1) is 16.8. The summed E-state index contributed by atoms with van der Waals surface area (Å²) in [6.45, 7) is 1.72. The Morgan fingerprint density at radius 2 is 1.92 bits per heavy atom. The number of rotatable bonds is 5. The van der Waals surface area contributed by atoms with Gasteiger partial charge in [-0.15, -0.1) is 0 Å². The van der Waals surface area contributed by atoms with Crippen molar-refractivity contribution in [3.8, 4) is 11.5 Å². The number of methoxy groups -OCH3 is 2. The fourth-order valence-electron chi connectivity index (χ4n) is 2.61. The summed E-state index contributed by atoms with van der Waals surface area (Å²) in [7, 11) is 3.11. The van der Waals surface area contributed by atoms with Crippen LogP contribution in [0.25, 0.3) is 0 Å². The molecule has 0 radical (unpaired) electrons. The maximum absolute atomic E-state index is 12.8. The predicted octanol–water partition coefficient (Wildman–Crippen LogP) is 3.23. The van der Waals surface area contributed by atoms with E-state index in [0.717, 1.165) is 11.3 Å². The number of amides is 1. The number of carbonyl (C=O) groups is 1. The zero-order chi connectivity index (χ0) is 17.9. The maximum atomic E-state index is 12.8. The molecule has 0 fully saturated rings. The largest absolute Gasteiger partial charge is 0.497 e. The first-order valence-corrected chi connectivity index (χ1v) is 7.89. The summed E-state index contributed by atoms with van der Waals surface area (Å²) in [5, 5.41) is 6.95. The smallest absolute Gasteiger partial charge is 0.271 e. The average Bonchev–Trinajstić information content (AvgIpc) is 3.06. The first-order valence-electron chi connectivity index (χ1n) is 7.89. The zero-order valence-corrected chi connectivity index (χ0v) is 14.4. The molecule has 1 heterocycles. The predicted molar refractivity (Wildman–Crippen MR) is 95.3 cm³/mol. The van der Waals surface area contributed by atoms with Crippen molar-refractivity contribution in [3.05, 3.63) is 54.1 Å². The minimum atomic E-state index is -1.08. The summed E-state index contributed by atoms with van der Waals surface area (Å²) in [6, 6.07) is 14.9. The Balaban J connectivity index is 1.76. The number of benzene rings is 2. The molecule has 1 aliphatic rings. The number of oxime groups is 1. The highest BCUT2D eigenvalue weighted by atomic mass is 16.7. The van der Waals surface area contributed by atoms with Gasteiger partial charge in [0.25, 0.3) is 5.91 Å². The number of nitrogens with one attached hydrogen (secondary N) is 1. The number of hydrogen-bond donors (Lipinski definition) is 1. The van der Waals surface area contributed by atoms with Crippen molar-refractivity contribution < 1.29 is 19.1 Å². The van der Waals surface area contributed by atoms with Crippen LogP contribution in [0.15, 0.2) is 53.7 Å². The molecule has 6 heteroatoms. The molecule has 2 aromatic carbocycles. The summed E-state index contributed by atoms with van der Waals surface area (Å²) in [5.41, 5.74) is 1.12. The van der Waals surface area contributed by atoms with E-state index < -0.39 is 5.60 Å². The monoisotopic (exact) mass is 340 g/mol. The van der Waals surface area contributed by atoms with Gasteiger partial charge >= 0.3 is 0 Å². The lowest BCUT2D eigenvalue weighted by molar-refractivity contribution is -0.135. The van der Waals surface area contributed by atoms with Crippen LogP contribution < -0.4 is 14.8 Å². The van der Waals surface area contributed by atoms with E-state index in [0.29, 0.717) is 23.6 Å². The quantitative estimate of drug-likeness (QED) is 0.907. The summed E-state index contributed by atoms with van der Waals surface area (Å²) in [6.07, 6.45) is 0.384. The summed E-state index contributed by atoms with van der Waals surface area (Å²) >= 11 is 0. The third kappa shape index (κ3) is 3.42. The molecule has 0 aliphatic carbocycles. The third-order valence-electron chi connectivity index (χ3n) is 4.10. The molecule has 0 saturated heterocycles. The first-order chi connectivity index (χ1) is 12.1.